The van der Waals surface area contributed by atoms with E-state index in [0.717, 1.165) is 0 Å². The van der Waals surface area contributed by atoms with E-state index in [-0.39, 0.29) is 23.8 Å². The maximum atomic E-state index is 11.8. The van der Waals surface area contributed by atoms with Gasteiger partial charge in [-0.05, 0) is 19.8 Å². The molecule has 0 rings (SSSR count). The zero-order valence-corrected chi connectivity index (χ0v) is 16.2. The highest BCUT2D eigenvalue weighted by molar-refractivity contribution is 6.22. The lowest BCUT2D eigenvalue weighted by Crippen LogP contribution is -2.47. The molecule has 0 aliphatic rings. The number of halogens is 2. The molecule has 0 aromatic rings. The summed E-state index contributed by atoms with van der Waals surface area (Å²) in [4.78, 5) is 33.2. The van der Waals surface area contributed by atoms with E-state index in [1.807, 2.05) is 0 Å². The Hall–Kier alpha value is -1.67. The van der Waals surface area contributed by atoms with Gasteiger partial charge in [0.25, 0.3) is 0 Å². The van der Waals surface area contributed by atoms with Crippen LogP contribution in [0.1, 0.15) is 39.0 Å². The summed E-state index contributed by atoms with van der Waals surface area (Å²) in [5.41, 5.74) is -1.02. The Kier molecular flexibility index (Phi) is 11.8. The standard InChI is InChI=1S/C16H26Cl2N2O6/c1-11(2)13(21)26-16(9-17,10-18)8-12(20-15(24)25)6-4-3-5-7-19-14(22)23/h12,19-20H,1,3-10H2,2H3,(H,22,23)(H,24,25). The molecular formula is C16H26Cl2N2O6. The summed E-state index contributed by atoms with van der Waals surface area (Å²) in [5, 5.41) is 22.2. The summed E-state index contributed by atoms with van der Waals surface area (Å²) < 4.78 is 5.37. The molecule has 0 heterocycles. The Balaban J connectivity index is 4.76. The van der Waals surface area contributed by atoms with E-state index in [0.29, 0.717) is 32.2 Å². The molecule has 0 aromatic carbocycles. The summed E-state index contributed by atoms with van der Waals surface area (Å²) in [7, 11) is 0. The largest absolute Gasteiger partial charge is 0.465 e. The van der Waals surface area contributed by atoms with Crippen LogP contribution in [0, 0.1) is 0 Å². The topological polar surface area (TPSA) is 125 Å². The number of carbonyl (C=O) groups excluding carboxylic acids is 1. The van der Waals surface area contributed by atoms with E-state index in [9.17, 15) is 14.4 Å². The van der Waals surface area contributed by atoms with Gasteiger partial charge in [0.15, 0.2) is 0 Å². The maximum absolute atomic E-state index is 11.8. The van der Waals surface area contributed by atoms with Crippen molar-refractivity contribution in [1.29, 1.82) is 0 Å². The Labute approximate surface area is 162 Å². The van der Waals surface area contributed by atoms with Gasteiger partial charge < -0.3 is 25.6 Å². The van der Waals surface area contributed by atoms with Crippen molar-refractivity contribution in [3.63, 3.8) is 0 Å². The summed E-state index contributed by atoms with van der Waals surface area (Å²) >= 11 is 11.9. The van der Waals surface area contributed by atoms with Crippen molar-refractivity contribution in [3.05, 3.63) is 12.2 Å². The van der Waals surface area contributed by atoms with Gasteiger partial charge in [-0.2, -0.15) is 0 Å². The zero-order chi connectivity index (χ0) is 20.2. The normalized spacial score (nSPS) is 12.1. The van der Waals surface area contributed by atoms with E-state index in [1.165, 1.54) is 6.92 Å². The predicted molar refractivity (Wildman–Crippen MR) is 99.1 cm³/mol. The summed E-state index contributed by atoms with van der Waals surface area (Å²) in [5.74, 6) is -0.814. The van der Waals surface area contributed by atoms with Crippen LogP contribution in [0.5, 0.6) is 0 Å². The van der Waals surface area contributed by atoms with Crippen LogP contribution >= 0.6 is 23.2 Å². The first-order valence-corrected chi connectivity index (χ1v) is 9.19. The molecule has 1 unspecified atom stereocenters. The lowest BCUT2D eigenvalue weighted by Gasteiger charge is -2.33. The average molecular weight is 413 g/mol. The lowest BCUT2D eigenvalue weighted by molar-refractivity contribution is -0.151. The average Bonchev–Trinajstić information content (AvgIpc) is 2.56. The number of amides is 2. The van der Waals surface area contributed by atoms with Crippen LogP contribution in [0.25, 0.3) is 0 Å². The number of esters is 1. The Morgan fingerprint density at radius 3 is 2.19 bits per heavy atom. The molecule has 150 valence electrons. The first-order chi connectivity index (χ1) is 12.2. The van der Waals surface area contributed by atoms with Crippen LogP contribution in [0.2, 0.25) is 0 Å². The highest BCUT2D eigenvalue weighted by Gasteiger charge is 2.36. The first-order valence-electron chi connectivity index (χ1n) is 8.13. The van der Waals surface area contributed by atoms with E-state index < -0.39 is 29.8 Å². The minimum Gasteiger partial charge on any atom is -0.465 e. The molecule has 0 bridgehead atoms. The molecule has 0 spiro atoms. The van der Waals surface area contributed by atoms with E-state index in [4.69, 9.17) is 38.2 Å². The number of carbonyl (C=O) groups is 3. The van der Waals surface area contributed by atoms with Gasteiger partial charge in [-0.1, -0.05) is 19.4 Å². The van der Waals surface area contributed by atoms with Crippen LogP contribution in [-0.4, -0.2) is 58.3 Å². The van der Waals surface area contributed by atoms with Crippen molar-refractivity contribution in [1.82, 2.24) is 10.6 Å². The summed E-state index contributed by atoms with van der Waals surface area (Å²) in [6.07, 6.45) is 0.306. The van der Waals surface area contributed by atoms with Gasteiger partial charge in [0, 0.05) is 24.6 Å². The van der Waals surface area contributed by atoms with Gasteiger partial charge in [0.2, 0.25) is 0 Å². The van der Waals surface area contributed by atoms with Gasteiger partial charge in [0.05, 0.1) is 11.8 Å². The Morgan fingerprint density at radius 1 is 1.12 bits per heavy atom. The molecule has 0 fully saturated rings. The molecule has 0 aliphatic heterocycles. The fourth-order valence-electron chi connectivity index (χ4n) is 2.26. The second-order valence-electron chi connectivity index (χ2n) is 6.05. The van der Waals surface area contributed by atoms with Crippen molar-refractivity contribution >= 4 is 41.4 Å². The second kappa shape index (κ2) is 12.6. The number of hydrogen-bond acceptors (Lipinski definition) is 4. The molecule has 0 aromatic heterocycles. The molecule has 0 radical (unpaired) electrons. The summed E-state index contributed by atoms with van der Waals surface area (Å²) in [6, 6.07) is -0.518. The maximum Gasteiger partial charge on any atom is 0.404 e. The number of alkyl halides is 2. The minimum atomic E-state index is -1.21. The fraction of sp³-hybridized carbons (Fsp3) is 0.688. The highest BCUT2D eigenvalue weighted by Crippen LogP contribution is 2.26. The molecule has 0 aliphatic carbocycles. The van der Waals surface area contributed by atoms with Crippen LogP contribution in [0.15, 0.2) is 12.2 Å². The van der Waals surface area contributed by atoms with E-state index >= 15 is 0 Å². The van der Waals surface area contributed by atoms with Crippen LogP contribution < -0.4 is 10.6 Å². The predicted octanol–water partition coefficient (Wildman–Crippen LogP) is 3.18. The quantitative estimate of drug-likeness (QED) is 0.159. The molecule has 2 amide bonds. The SMILES string of the molecule is C=C(C)C(=O)OC(CCl)(CCl)CC(CCCCCNC(=O)O)NC(=O)O. The molecule has 4 N–H and O–H groups in total. The molecule has 10 heteroatoms. The number of unbranched alkanes of at least 4 members (excludes halogenated alkanes) is 2. The molecule has 1 atom stereocenters. The van der Waals surface area contributed by atoms with E-state index in [2.05, 4.69) is 17.2 Å². The van der Waals surface area contributed by atoms with Crippen LogP contribution in [0.4, 0.5) is 9.59 Å². The van der Waals surface area contributed by atoms with Gasteiger partial charge in [-0.25, -0.2) is 14.4 Å². The van der Waals surface area contributed by atoms with Gasteiger partial charge >= 0.3 is 18.2 Å². The van der Waals surface area contributed by atoms with Crippen molar-refractivity contribution in [2.24, 2.45) is 0 Å². The van der Waals surface area contributed by atoms with Gasteiger partial charge in [0.1, 0.15) is 5.60 Å². The molecule has 0 saturated carbocycles. The monoisotopic (exact) mass is 412 g/mol. The molecular weight excluding hydrogens is 387 g/mol. The first kappa shape index (κ1) is 24.3. The lowest BCUT2D eigenvalue weighted by atomic mass is 9.94. The van der Waals surface area contributed by atoms with Crippen LogP contribution in [-0.2, 0) is 9.53 Å². The second-order valence-corrected chi connectivity index (χ2v) is 6.59. The number of hydrogen-bond donors (Lipinski definition) is 4. The van der Waals surface area contributed by atoms with E-state index in [1.54, 1.807) is 0 Å². The third-order valence-electron chi connectivity index (χ3n) is 3.60. The van der Waals surface area contributed by atoms with Gasteiger partial charge in [-0.15, -0.1) is 23.2 Å². The third-order valence-corrected chi connectivity index (χ3v) is 4.57. The molecule has 0 saturated heterocycles. The Bertz CT molecular complexity index is 497. The number of nitrogens with one attached hydrogen (secondary N) is 2. The summed E-state index contributed by atoms with van der Waals surface area (Å²) in [6.45, 7) is 5.33. The number of carboxylic acid groups (broad SMARTS) is 2. The fourth-order valence-corrected chi connectivity index (χ4v) is 2.87. The van der Waals surface area contributed by atoms with Crippen molar-refractivity contribution in [2.45, 2.75) is 50.7 Å². The zero-order valence-electron chi connectivity index (χ0n) is 14.7. The van der Waals surface area contributed by atoms with Crippen molar-refractivity contribution in [3.8, 4) is 0 Å². The van der Waals surface area contributed by atoms with Gasteiger partial charge in [-0.3, -0.25) is 0 Å². The minimum absolute atomic E-state index is 0.0874. The highest BCUT2D eigenvalue weighted by atomic mass is 35.5. The number of ether oxygens (including phenoxy) is 1. The van der Waals surface area contributed by atoms with Crippen LogP contribution in [0.3, 0.4) is 0 Å². The van der Waals surface area contributed by atoms with Crippen molar-refractivity contribution < 1.29 is 29.3 Å². The van der Waals surface area contributed by atoms with Crippen molar-refractivity contribution in [2.75, 3.05) is 18.3 Å². The molecule has 8 nitrogen and oxygen atoms in total. The third kappa shape index (κ3) is 10.4. The number of rotatable bonds is 13. The smallest absolute Gasteiger partial charge is 0.404 e. The Morgan fingerprint density at radius 2 is 1.73 bits per heavy atom. The molecule has 26 heavy (non-hydrogen) atoms.